The van der Waals surface area contributed by atoms with E-state index in [1.54, 1.807) is 24.5 Å². The second kappa shape index (κ2) is 10.2. The number of para-hydroxylation sites is 3. The lowest BCUT2D eigenvalue weighted by atomic mass is 10.2. The Morgan fingerprint density at radius 1 is 1.09 bits per heavy atom. The van der Waals surface area contributed by atoms with E-state index in [4.69, 9.17) is 0 Å². The molecule has 0 unspecified atom stereocenters. The number of rotatable bonds is 8. The molecular formula is C23H19F2N5O2S. The van der Waals surface area contributed by atoms with Gasteiger partial charge in [0.15, 0.2) is 11.0 Å². The second-order valence-electron chi connectivity index (χ2n) is 6.88. The zero-order valence-electron chi connectivity index (χ0n) is 17.5. The van der Waals surface area contributed by atoms with Crippen LogP contribution >= 0.6 is 11.8 Å². The van der Waals surface area contributed by atoms with Crippen molar-refractivity contribution in [2.24, 2.45) is 0 Å². The third-order valence-corrected chi connectivity index (χ3v) is 5.55. The molecule has 0 aliphatic heterocycles. The molecule has 2 aromatic carbocycles. The van der Waals surface area contributed by atoms with E-state index in [9.17, 15) is 13.6 Å². The van der Waals surface area contributed by atoms with Crippen molar-refractivity contribution in [3.8, 4) is 22.8 Å². The Labute approximate surface area is 192 Å². The fourth-order valence-corrected chi connectivity index (χ4v) is 3.91. The summed E-state index contributed by atoms with van der Waals surface area (Å²) in [6, 6.07) is 17.5. The molecule has 0 aliphatic carbocycles. The molecule has 33 heavy (non-hydrogen) atoms. The highest BCUT2D eigenvalue weighted by Crippen LogP contribution is 2.30. The number of carbonyl (C=O) groups is 1. The Hall–Kier alpha value is -3.79. The van der Waals surface area contributed by atoms with Crippen LogP contribution in [0.15, 0.2) is 78.2 Å². The van der Waals surface area contributed by atoms with Crippen molar-refractivity contribution in [1.29, 1.82) is 0 Å². The van der Waals surface area contributed by atoms with Gasteiger partial charge in [0.25, 0.3) is 0 Å². The Bertz CT molecular complexity index is 1250. The maximum Gasteiger partial charge on any atom is 0.387 e. The van der Waals surface area contributed by atoms with Gasteiger partial charge in [0, 0.05) is 18.0 Å². The van der Waals surface area contributed by atoms with Crippen molar-refractivity contribution in [2.75, 3.05) is 11.1 Å². The summed E-state index contributed by atoms with van der Waals surface area (Å²) in [6.07, 6.45) is 3.37. The molecule has 168 valence electrons. The summed E-state index contributed by atoms with van der Waals surface area (Å²) in [5.74, 6) is 0.0800. The summed E-state index contributed by atoms with van der Waals surface area (Å²) in [6.45, 7) is -1.01. The van der Waals surface area contributed by atoms with Gasteiger partial charge >= 0.3 is 6.61 Å². The van der Waals surface area contributed by atoms with Gasteiger partial charge in [0.1, 0.15) is 5.75 Å². The van der Waals surface area contributed by atoms with E-state index in [0.29, 0.717) is 11.0 Å². The molecule has 0 atom stereocenters. The minimum absolute atomic E-state index is 0.0138. The van der Waals surface area contributed by atoms with Gasteiger partial charge < -0.3 is 10.1 Å². The number of pyridine rings is 1. The van der Waals surface area contributed by atoms with Crippen LogP contribution in [0.4, 0.5) is 14.5 Å². The van der Waals surface area contributed by atoms with Gasteiger partial charge in [0.2, 0.25) is 5.91 Å². The normalized spacial score (nSPS) is 10.9. The third kappa shape index (κ3) is 5.35. The van der Waals surface area contributed by atoms with Crippen LogP contribution < -0.4 is 10.1 Å². The summed E-state index contributed by atoms with van der Waals surface area (Å²) in [4.78, 5) is 16.7. The lowest BCUT2D eigenvalue weighted by Crippen LogP contribution is -2.16. The number of benzene rings is 2. The van der Waals surface area contributed by atoms with E-state index in [2.05, 4.69) is 25.2 Å². The van der Waals surface area contributed by atoms with E-state index in [0.717, 1.165) is 16.8 Å². The summed E-state index contributed by atoms with van der Waals surface area (Å²) >= 11 is 1.18. The number of alkyl halides is 2. The SMILES string of the molecule is Cc1ccccc1-n1c(SCC(=O)Nc2ccccc2OC(F)F)nnc1-c1cccnc1. The molecule has 7 nitrogen and oxygen atoms in total. The molecule has 1 amide bonds. The number of carbonyl (C=O) groups excluding carboxylic acids is 1. The number of hydrogen-bond donors (Lipinski definition) is 1. The number of anilines is 1. The molecule has 0 aliphatic rings. The number of nitrogens with zero attached hydrogens (tertiary/aromatic N) is 4. The molecule has 2 heterocycles. The quantitative estimate of drug-likeness (QED) is 0.369. The third-order valence-electron chi connectivity index (χ3n) is 4.62. The van der Waals surface area contributed by atoms with Crippen LogP contribution in [-0.2, 0) is 4.79 Å². The molecule has 1 N–H and O–H groups in total. The monoisotopic (exact) mass is 467 g/mol. The summed E-state index contributed by atoms with van der Waals surface area (Å²) in [5.41, 5.74) is 2.83. The molecule has 0 radical (unpaired) electrons. The van der Waals surface area contributed by atoms with Crippen LogP contribution in [-0.4, -0.2) is 38.0 Å². The van der Waals surface area contributed by atoms with Crippen LogP contribution in [0.25, 0.3) is 17.1 Å². The summed E-state index contributed by atoms with van der Waals surface area (Å²) in [7, 11) is 0. The van der Waals surface area contributed by atoms with Gasteiger partial charge in [-0.2, -0.15) is 8.78 Å². The predicted molar refractivity (Wildman–Crippen MR) is 122 cm³/mol. The molecule has 0 spiro atoms. The first-order valence-electron chi connectivity index (χ1n) is 9.91. The van der Waals surface area contributed by atoms with E-state index >= 15 is 0 Å². The summed E-state index contributed by atoms with van der Waals surface area (Å²) < 4.78 is 31.6. The highest BCUT2D eigenvalue weighted by molar-refractivity contribution is 7.99. The van der Waals surface area contributed by atoms with Crippen molar-refractivity contribution in [1.82, 2.24) is 19.7 Å². The molecule has 4 aromatic rings. The number of aryl methyl sites for hydroxylation is 1. The van der Waals surface area contributed by atoms with Crippen molar-refractivity contribution >= 4 is 23.4 Å². The Balaban J connectivity index is 1.58. The van der Waals surface area contributed by atoms with Crippen LogP contribution in [0.2, 0.25) is 0 Å². The molecular weight excluding hydrogens is 448 g/mol. The van der Waals surface area contributed by atoms with E-state index < -0.39 is 12.5 Å². The number of aromatic nitrogens is 4. The average molecular weight is 468 g/mol. The summed E-state index contributed by atoms with van der Waals surface area (Å²) in [5, 5.41) is 11.7. The number of ether oxygens (including phenoxy) is 1. The van der Waals surface area contributed by atoms with Gasteiger partial charge in [0.05, 0.1) is 17.1 Å². The Morgan fingerprint density at radius 2 is 1.88 bits per heavy atom. The van der Waals surface area contributed by atoms with Gasteiger partial charge in [-0.25, -0.2) is 0 Å². The number of hydrogen-bond acceptors (Lipinski definition) is 6. The first-order chi connectivity index (χ1) is 16.0. The largest absolute Gasteiger partial charge is 0.433 e. The van der Waals surface area contributed by atoms with E-state index in [-0.39, 0.29) is 17.2 Å². The van der Waals surface area contributed by atoms with Crippen molar-refractivity contribution < 1.29 is 18.3 Å². The predicted octanol–water partition coefficient (Wildman–Crippen LogP) is 4.97. The molecule has 0 fully saturated rings. The van der Waals surface area contributed by atoms with Gasteiger partial charge in [-0.3, -0.25) is 14.3 Å². The Kier molecular flexibility index (Phi) is 6.94. The molecule has 0 saturated carbocycles. The topological polar surface area (TPSA) is 81.9 Å². The fraction of sp³-hybridized carbons (Fsp3) is 0.130. The Morgan fingerprint density at radius 3 is 2.64 bits per heavy atom. The highest BCUT2D eigenvalue weighted by Gasteiger charge is 2.19. The minimum Gasteiger partial charge on any atom is -0.433 e. The molecule has 4 rings (SSSR count). The van der Waals surface area contributed by atoms with Crippen LogP contribution in [0.5, 0.6) is 5.75 Å². The first kappa shape index (κ1) is 22.4. The van der Waals surface area contributed by atoms with Crippen LogP contribution in [0.3, 0.4) is 0 Å². The smallest absolute Gasteiger partial charge is 0.387 e. The molecule has 0 saturated heterocycles. The number of amides is 1. The van der Waals surface area contributed by atoms with Crippen LogP contribution in [0, 0.1) is 6.92 Å². The standard InChI is InChI=1S/C23H19F2N5O2S/c1-15-7-2-4-10-18(15)30-21(16-8-6-12-26-13-16)28-29-23(30)33-14-20(31)27-17-9-3-5-11-19(17)32-22(24)25/h2-13,22H,14H2,1H3,(H,27,31). The minimum atomic E-state index is -2.99. The molecule has 10 heteroatoms. The van der Waals surface area contributed by atoms with Gasteiger partial charge in [-0.15, -0.1) is 10.2 Å². The van der Waals surface area contributed by atoms with Crippen molar-refractivity contribution in [3.05, 3.63) is 78.6 Å². The highest BCUT2D eigenvalue weighted by atomic mass is 32.2. The molecule has 0 bridgehead atoms. The zero-order chi connectivity index (χ0) is 23.2. The lowest BCUT2D eigenvalue weighted by molar-refractivity contribution is -0.113. The van der Waals surface area contributed by atoms with Crippen molar-refractivity contribution in [2.45, 2.75) is 18.7 Å². The maximum atomic E-state index is 12.6. The van der Waals surface area contributed by atoms with Crippen molar-refractivity contribution in [3.63, 3.8) is 0 Å². The zero-order valence-corrected chi connectivity index (χ0v) is 18.3. The maximum absolute atomic E-state index is 12.6. The average Bonchev–Trinajstić information content (AvgIpc) is 3.23. The fourth-order valence-electron chi connectivity index (χ4n) is 3.16. The number of thioether (sulfide) groups is 1. The lowest BCUT2D eigenvalue weighted by Gasteiger charge is -2.13. The number of halogens is 2. The van der Waals surface area contributed by atoms with Gasteiger partial charge in [-0.05, 0) is 42.8 Å². The van der Waals surface area contributed by atoms with Gasteiger partial charge in [-0.1, -0.05) is 42.1 Å². The number of nitrogens with one attached hydrogen (secondary N) is 1. The van der Waals surface area contributed by atoms with E-state index in [1.165, 1.54) is 23.9 Å². The second-order valence-corrected chi connectivity index (χ2v) is 7.82. The first-order valence-corrected chi connectivity index (χ1v) is 10.9. The van der Waals surface area contributed by atoms with E-state index in [1.807, 2.05) is 47.9 Å². The van der Waals surface area contributed by atoms with Crippen LogP contribution in [0.1, 0.15) is 5.56 Å². The molecule has 2 aromatic heterocycles.